The number of hydrogen-bond donors (Lipinski definition) is 4. The molecule has 4 heterocycles. The molecule has 0 spiro atoms. The summed E-state index contributed by atoms with van der Waals surface area (Å²) in [5, 5.41) is 22.5. The lowest BCUT2D eigenvalue weighted by Crippen LogP contribution is -2.58. The van der Waals surface area contributed by atoms with Gasteiger partial charge in [0.1, 0.15) is 29.2 Å². The number of nitrogen functional groups attached to an aromatic ring is 1. The van der Waals surface area contributed by atoms with E-state index in [0.717, 1.165) is 11.5 Å². The number of hydrogen-bond acceptors (Lipinski definition) is 10. The van der Waals surface area contributed by atoms with Crippen molar-refractivity contribution in [2.75, 3.05) is 23.8 Å². The molecule has 4 aromatic rings. The van der Waals surface area contributed by atoms with Crippen molar-refractivity contribution in [2.24, 2.45) is 0 Å². The van der Waals surface area contributed by atoms with Crippen LogP contribution in [0.4, 0.5) is 11.6 Å². The molecule has 0 aliphatic carbocycles. The van der Waals surface area contributed by atoms with Crippen molar-refractivity contribution >= 4 is 50.1 Å². The zero-order valence-electron chi connectivity index (χ0n) is 19.3. The summed E-state index contributed by atoms with van der Waals surface area (Å²) < 4.78 is 10.5. The summed E-state index contributed by atoms with van der Waals surface area (Å²) in [4.78, 5) is 39.4. The fourth-order valence-corrected chi connectivity index (χ4v) is 5.01. The monoisotopic (exact) mass is 496 g/mol. The lowest BCUT2D eigenvalue weighted by atomic mass is 9.94. The standard InChI is InChI=1S/C23H24N6O5S/c1-22(2,33)13-5-4-6-14(26-13)29-9-10-34-23(3,21(29)32)17(30)19-25-12-8-7-11-16(35-28-18(11)24)15(12)20(31)27-19/h4-8,17,30,33H,9-10H2,1-3H3,(H2,24,28)(H,25,27,31). The lowest BCUT2D eigenvalue weighted by molar-refractivity contribution is -0.167. The number of aromatic nitrogens is 4. The average molecular weight is 497 g/mol. The van der Waals surface area contributed by atoms with E-state index in [2.05, 4.69) is 19.3 Å². The topological polar surface area (TPSA) is 168 Å². The van der Waals surface area contributed by atoms with E-state index in [-0.39, 0.29) is 19.0 Å². The number of aromatic amines is 1. The van der Waals surface area contributed by atoms with Crippen LogP contribution in [-0.2, 0) is 15.1 Å². The minimum atomic E-state index is -1.74. The predicted octanol–water partition coefficient (Wildman–Crippen LogP) is 1.59. The molecule has 12 heteroatoms. The van der Waals surface area contributed by atoms with Crippen molar-refractivity contribution in [3.63, 3.8) is 0 Å². The number of aliphatic hydroxyl groups is 2. The number of nitrogens with two attached hydrogens (primary N) is 1. The summed E-state index contributed by atoms with van der Waals surface area (Å²) in [6, 6.07) is 8.35. The van der Waals surface area contributed by atoms with Gasteiger partial charge < -0.3 is 25.7 Å². The maximum absolute atomic E-state index is 13.5. The number of fused-ring (bicyclic) bond motifs is 3. The summed E-state index contributed by atoms with van der Waals surface area (Å²) in [7, 11) is 0. The Labute approximate surface area is 203 Å². The third-order valence-corrected chi connectivity index (χ3v) is 7.06. The number of amides is 1. The van der Waals surface area contributed by atoms with Gasteiger partial charge >= 0.3 is 0 Å². The summed E-state index contributed by atoms with van der Waals surface area (Å²) in [5.74, 6) is -0.00622. The molecular formula is C23H24N6O5S. The van der Waals surface area contributed by atoms with Crippen LogP contribution >= 0.6 is 11.5 Å². The number of morpholine rings is 1. The first-order valence-electron chi connectivity index (χ1n) is 10.9. The average Bonchev–Trinajstić information content (AvgIpc) is 3.20. The van der Waals surface area contributed by atoms with Crippen molar-refractivity contribution in [3.05, 3.63) is 52.2 Å². The molecule has 1 saturated heterocycles. The Hall–Kier alpha value is -3.45. The quantitative estimate of drug-likeness (QED) is 0.328. The second-order valence-corrected chi connectivity index (χ2v) is 9.88. The highest BCUT2D eigenvalue weighted by molar-refractivity contribution is 7.14. The Morgan fingerprint density at radius 3 is 2.77 bits per heavy atom. The van der Waals surface area contributed by atoms with Crippen LogP contribution in [0.3, 0.4) is 0 Å². The van der Waals surface area contributed by atoms with E-state index in [4.69, 9.17) is 10.5 Å². The Bertz CT molecular complexity index is 1530. The molecule has 11 nitrogen and oxygen atoms in total. The summed E-state index contributed by atoms with van der Waals surface area (Å²) in [6.07, 6.45) is -1.57. The molecule has 1 fully saturated rings. The van der Waals surface area contributed by atoms with Gasteiger partial charge in [-0.3, -0.25) is 14.5 Å². The van der Waals surface area contributed by atoms with Gasteiger partial charge in [0.25, 0.3) is 11.5 Å². The largest absolute Gasteiger partial charge is 0.384 e. The van der Waals surface area contributed by atoms with Gasteiger partial charge in [-0.1, -0.05) is 6.07 Å². The number of carbonyl (C=O) groups is 1. The summed E-state index contributed by atoms with van der Waals surface area (Å²) >= 11 is 1.09. The van der Waals surface area contributed by atoms with Crippen LogP contribution in [0.25, 0.3) is 21.0 Å². The van der Waals surface area contributed by atoms with Crippen molar-refractivity contribution in [3.8, 4) is 0 Å². The van der Waals surface area contributed by atoms with Crippen LogP contribution in [0, 0.1) is 0 Å². The molecule has 1 aliphatic rings. The van der Waals surface area contributed by atoms with E-state index in [1.165, 1.54) is 11.8 Å². The molecule has 5 N–H and O–H groups in total. The van der Waals surface area contributed by atoms with Crippen molar-refractivity contribution in [2.45, 2.75) is 38.1 Å². The van der Waals surface area contributed by atoms with Gasteiger partial charge in [-0.2, -0.15) is 4.37 Å². The zero-order chi connectivity index (χ0) is 25.1. The summed E-state index contributed by atoms with van der Waals surface area (Å²) in [6.45, 7) is 4.97. The van der Waals surface area contributed by atoms with Crippen LogP contribution in [-0.4, -0.2) is 54.2 Å². The van der Waals surface area contributed by atoms with Crippen molar-refractivity contribution in [1.82, 2.24) is 19.3 Å². The number of pyridine rings is 1. The molecule has 2 unspecified atom stereocenters. The van der Waals surface area contributed by atoms with Crippen molar-refractivity contribution < 1.29 is 19.7 Å². The fourth-order valence-electron chi connectivity index (χ4n) is 4.16. The molecular weight excluding hydrogens is 472 g/mol. The number of rotatable bonds is 4. The Morgan fingerprint density at radius 2 is 2.03 bits per heavy atom. The number of aliphatic hydroxyl groups excluding tert-OH is 1. The number of carbonyl (C=O) groups excluding carboxylic acids is 1. The fraction of sp³-hybridized carbons (Fsp3) is 0.348. The Kier molecular flexibility index (Phi) is 5.36. The van der Waals surface area contributed by atoms with Gasteiger partial charge in [0.05, 0.1) is 34.4 Å². The molecule has 0 bridgehead atoms. The minimum Gasteiger partial charge on any atom is -0.384 e. The molecule has 5 rings (SSSR count). The van der Waals surface area contributed by atoms with Gasteiger partial charge in [-0.05, 0) is 56.6 Å². The van der Waals surface area contributed by atoms with Crippen LogP contribution in [0.1, 0.15) is 38.4 Å². The smallest absolute Gasteiger partial charge is 0.263 e. The maximum Gasteiger partial charge on any atom is 0.263 e. The van der Waals surface area contributed by atoms with E-state index in [9.17, 15) is 19.8 Å². The SMILES string of the molecule is CC(C)(O)c1cccc(N2CCOC(C)(C(O)c3nc4ccc5c(N)nsc5c4c(=O)[nH]3)C2=O)n1. The molecule has 1 amide bonds. The summed E-state index contributed by atoms with van der Waals surface area (Å²) in [5.41, 5.74) is 3.17. The molecule has 0 radical (unpaired) electrons. The normalized spacial score (nSPS) is 20.0. The first-order valence-corrected chi connectivity index (χ1v) is 11.7. The van der Waals surface area contributed by atoms with E-state index >= 15 is 0 Å². The van der Waals surface area contributed by atoms with Gasteiger partial charge in [0.15, 0.2) is 5.60 Å². The van der Waals surface area contributed by atoms with E-state index in [0.29, 0.717) is 38.3 Å². The minimum absolute atomic E-state index is 0.102. The lowest BCUT2D eigenvalue weighted by Gasteiger charge is -2.41. The highest BCUT2D eigenvalue weighted by Gasteiger charge is 2.49. The van der Waals surface area contributed by atoms with Crippen LogP contribution in [0.15, 0.2) is 35.1 Å². The highest BCUT2D eigenvalue weighted by Crippen LogP contribution is 2.35. The third-order valence-electron chi connectivity index (χ3n) is 6.16. The van der Waals surface area contributed by atoms with E-state index in [1.807, 2.05) is 0 Å². The second kappa shape index (κ2) is 8.05. The molecule has 182 valence electrons. The predicted molar refractivity (Wildman–Crippen MR) is 131 cm³/mol. The highest BCUT2D eigenvalue weighted by atomic mass is 32.1. The van der Waals surface area contributed by atoms with Crippen molar-refractivity contribution in [1.29, 1.82) is 0 Å². The van der Waals surface area contributed by atoms with Gasteiger partial charge in [0.2, 0.25) is 0 Å². The second-order valence-electron chi connectivity index (χ2n) is 9.11. The molecule has 0 saturated carbocycles. The van der Waals surface area contributed by atoms with E-state index < -0.39 is 28.8 Å². The number of benzene rings is 1. The van der Waals surface area contributed by atoms with Crippen LogP contribution in [0.2, 0.25) is 0 Å². The molecule has 2 atom stereocenters. The third kappa shape index (κ3) is 3.74. The number of nitrogens with one attached hydrogen (secondary N) is 1. The zero-order valence-corrected chi connectivity index (χ0v) is 20.1. The first-order chi connectivity index (χ1) is 16.5. The number of H-pyrrole nitrogens is 1. The van der Waals surface area contributed by atoms with Crippen LogP contribution in [0.5, 0.6) is 0 Å². The molecule has 1 aromatic carbocycles. The number of nitrogens with zero attached hydrogens (tertiary/aromatic N) is 4. The maximum atomic E-state index is 13.5. The molecule has 35 heavy (non-hydrogen) atoms. The number of anilines is 2. The van der Waals surface area contributed by atoms with E-state index in [1.54, 1.807) is 44.2 Å². The number of ether oxygens (including phenoxy) is 1. The van der Waals surface area contributed by atoms with Crippen LogP contribution < -0.4 is 16.2 Å². The molecule has 1 aliphatic heterocycles. The first kappa shape index (κ1) is 23.3. The Balaban J connectivity index is 1.53. The van der Waals surface area contributed by atoms with Gasteiger partial charge in [0, 0.05) is 5.39 Å². The van der Waals surface area contributed by atoms with Gasteiger partial charge in [-0.25, -0.2) is 9.97 Å². The molecule has 3 aromatic heterocycles. The Morgan fingerprint density at radius 1 is 1.26 bits per heavy atom. The van der Waals surface area contributed by atoms with Gasteiger partial charge in [-0.15, -0.1) is 0 Å².